The summed E-state index contributed by atoms with van der Waals surface area (Å²) in [6.45, 7) is 1.61. The molecule has 4 heteroatoms. The largest absolute Gasteiger partial charge is 0.444 e. The zero-order valence-electron chi connectivity index (χ0n) is 6.27. The predicted octanol–water partition coefficient (Wildman–Crippen LogP) is 3.43. The van der Waals surface area contributed by atoms with Crippen molar-refractivity contribution >= 4 is 28.2 Å². The molecule has 0 N–H and O–H groups in total. The van der Waals surface area contributed by atoms with E-state index in [1.807, 2.05) is 6.07 Å². The van der Waals surface area contributed by atoms with Crippen LogP contribution in [0.2, 0.25) is 5.22 Å². The molecule has 0 fully saturated rings. The molecule has 0 aliphatic rings. The Morgan fingerprint density at radius 1 is 1.58 bits per heavy atom. The quantitative estimate of drug-likeness (QED) is 0.654. The van der Waals surface area contributed by atoms with Crippen molar-refractivity contribution in [1.82, 2.24) is 0 Å². The van der Waals surface area contributed by atoms with Gasteiger partial charge in [-0.05, 0) is 30.7 Å². The van der Waals surface area contributed by atoms with Crippen LogP contribution in [-0.4, -0.2) is 0 Å². The van der Waals surface area contributed by atoms with Crippen molar-refractivity contribution in [3.8, 4) is 6.07 Å². The van der Waals surface area contributed by atoms with Crippen molar-refractivity contribution in [2.75, 3.05) is 0 Å². The van der Waals surface area contributed by atoms with Gasteiger partial charge in [0.2, 0.25) is 0 Å². The molecule has 12 heavy (non-hydrogen) atoms. The molecule has 0 unspecified atom stereocenters. The Balaban J connectivity index is 3.09. The number of hydrogen-bond acceptors (Lipinski definition) is 2. The Morgan fingerprint density at radius 2 is 2.25 bits per heavy atom. The number of rotatable bonds is 1. The molecule has 0 atom stereocenters. The highest BCUT2D eigenvalue weighted by Crippen LogP contribution is 2.26. The first-order chi connectivity index (χ1) is 5.65. The molecule has 0 bridgehead atoms. The van der Waals surface area contributed by atoms with Crippen molar-refractivity contribution < 1.29 is 4.42 Å². The van der Waals surface area contributed by atoms with E-state index in [0.717, 1.165) is 0 Å². The Kier molecular flexibility index (Phi) is 2.80. The van der Waals surface area contributed by atoms with Crippen molar-refractivity contribution in [3.05, 3.63) is 28.7 Å². The highest BCUT2D eigenvalue weighted by molar-refractivity contribution is 6.49. The zero-order chi connectivity index (χ0) is 9.14. The summed E-state index contributed by atoms with van der Waals surface area (Å²) >= 11 is 11.3. The van der Waals surface area contributed by atoms with Crippen LogP contribution in [0, 0.1) is 11.3 Å². The molecule has 1 heterocycles. The van der Waals surface area contributed by atoms with Gasteiger partial charge in [-0.2, -0.15) is 5.26 Å². The van der Waals surface area contributed by atoms with Gasteiger partial charge in [0.15, 0.2) is 5.22 Å². The van der Waals surface area contributed by atoms with Crippen LogP contribution in [0.5, 0.6) is 0 Å². The maximum Gasteiger partial charge on any atom is 0.193 e. The minimum Gasteiger partial charge on any atom is -0.444 e. The molecule has 1 rings (SSSR count). The average molecular weight is 202 g/mol. The Morgan fingerprint density at radius 3 is 2.67 bits per heavy atom. The molecule has 0 amide bonds. The predicted molar refractivity (Wildman–Crippen MR) is 47.8 cm³/mol. The second-order valence-corrected chi connectivity index (χ2v) is 2.91. The van der Waals surface area contributed by atoms with E-state index >= 15 is 0 Å². The van der Waals surface area contributed by atoms with Crippen LogP contribution in [0.4, 0.5) is 0 Å². The van der Waals surface area contributed by atoms with Crippen molar-refractivity contribution in [2.45, 2.75) is 6.92 Å². The lowest BCUT2D eigenvalue weighted by molar-refractivity contribution is 0.557. The minimum atomic E-state index is 0.258. The Hall–Kier alpha value is -0.910. The third-order valence-corrected chi connectivity index (χ3v) is 1.96. The van der Waals surface area contributed by atoms with Gasteiger partial charge in [0, 0.05) is 5.57 Å². The van der Waals surface area contributed by atoms with E-state index in [4.69, 9.17) is 32.9 Å². The lowest BCUT2D eigenvalue weighted by Crippen LogP contribution is -1.75. The van der Waals surface area contributed by atoms with Gasteiger partial charge in [0.25, 0.3) is 0 Å². The highest BCUT2D eigenvalue weighted by atomic mass is 35.5. The summed E-state index contributed by atoms with van der Waals surface area (Å²) in [7, 11) is 0. The topological polar surface area (TPSA) is 36.9 Å². The van der Waals surface area contributed by atoms with Gasteiger partial charge >= 0.3 is 0 Å². The molecule has 1 aromatic heterocycles. The van der Waals surface area contributed by atoms with E-state index in [1.165, 1.54) is 0 Å². The van der Waals surface area contributed by atoms with Crippen molar-refractivity contribution in [1.29, 1.82) is 5.26 Å². The molecule has 0 saturated carbocycles. The average Bonchev–Trinajstić information content (AvgIpc) is 2.49. The van der Waals surface area contributed by atoms with Gasteiger partial charge in [-0.25, -0.2) is 0 Å². The molecule has 2 nitrogen and oxygen atoms in total. The summed E-state index contributed by atoms with van der Waals surface area (Å²) in [6, 6.07) is 5.11. The van der Waals surface area contributed by atoms with Gasteiger partial charge in [-0.15, -0.1) is 0 Å². The summed E-state index contributed by atoms with van der Waals surface area (Å²) < 4.78 is 4.99. The molecule has 0 spiro atoms. The summed E-state index contributed by atoms with van der Waals surface area (Å²) in [5.41, 5.74) is 0.405. The maximum atomic E-state index is 8.51. The van der Waals surface area contributed by atoms with E-state index in [-0.39, 0.29) is 5.22 Å². The smallest absolute Gasteiger partial charge is 0.193 e. The van der Waals surface area contributed by atoms with Crippen molar-refractivity contribution in [3.63, 3.8) is 0 Å². The second-order valence-electron chi connectivity index (χ2n) is 2.15. The lowest BCUT2D eigenvalue weighted by atomic mass is 10.3. The monoisotopic (exact) mass is 201 g/mol. The van der Waals surface area contributed by atoms with Crippen LogP contribution in [0.1, 0.15) is 12.7 Å². The first-order valence-electron chi connectivity index (χ1n) is 3.17. The Labute approximate surface area is 80.0 Å². The van der Waals surface area contributed by atoms with Crippen LogP contribution in [-0.2, 0) is 0 Å². The van der Waals surface area contributed by atoms with Gasteiger partial charge in [-0.1, -0.05) is 11.6 Å². The zero-order valence-corrected chi connectivity index (χ0v) is 7.78. The fraction of sp³-hybridized carbons (Fsp3) is 0.125. The molecule has 1 aromatic rings. The van der Waals surface area contributed by atoms with E-state index in [1.54, 1.807) is 19.1 Å². The van der Waals surface area contributed by atoms with Gasteiger partial charge in [0.05, 0.1) is 11.1 Å². The molecular weight excluding hydrogens is 197 g/mol. The summed E-state index contributed by atoms with van der Waals surface area (Å²) in [4.78, 5) is 0. The van der Waals surface area contributed by atoms with Crippen LogP contribution in [0.3, 0.4) is 0 Å². The molecular formula is C8H5Cl2NO. The fourth-order valence-electron chi connectivity index (χ4n) is 0.666. The minimum absolute atomic E-state index is 0.258. The Bertz CT molecular complexity index is 359. The van der Waals surface area contributed by atoms with E-state index in [0.29, 0.717) is 16.4 Å². The first kappa shape index (κ1) is 9.18. The first-order valence-corrected chi connectivity index (χ1v) is 3.93. The molecule has 62 valence electrons. The van der Waals surface area contributed by atoms with E-state index in [9.17, 15) is 0 Å². The van der Waals surface area contributed by atoms with Crippen LogP contribution in [0.25, 0.3) is 5.03 Å². The lowest BCUT2D eigenvalue weighted by Gasteiger charge is -1.92. The third-order valence-electron chi connectivity index (χ3n) is 1.29. The van der Waals surface area contributed by atoms with Crippen LogP contribution in [0.15, 0.2) is 22.1 Å². The molecule has 0 aromatic carbocycles. The molecule has 0 aliphatic carbocycles. The van der Waals surface area contributed by atoms with Crippen LogP contribution >= 0.6 is 23.2 Å². The molecule has 0 aliphatic heterocycles. The summed E-state index contributed by atoms with van der Waals surface area (Å²) in [5, 5.41) is 9.06. The summed E-state index contributed by atoms with van der Waals surface area (Å²) in [5.74, 6) is 0.417. The molecule has 0 radical (unpaired) electrons. The van der Waals surface area contributed by atoms with E-state index < -0.39 is 0 Å². The molecule has 0 saturated heterocycles. The number of nitrogens with zero attached hydrogens (tertiary/aromatic N) is 1. The number of allylic oxidation sites excluding steroid dienone is 1. The number of halogens is 2. The number of furan rings is 1. The van der Waals surface area contributed by atoms with E-state index in [2.05, 4.69) is 0 Å². The number of nitriles is 1. The fourth-order valence-corrected chi connectivity index (χ4v) is 0.956. The standard InChI is InChI=1S/C8H5Cl2NO/c1-5(4-11)8(10)6-2-3-7(9)12-6/h2-3H,1H3/b8-5-. The number of hydrogen-bond donors (Lipinski definition) is 0. The van der Waals surface area contributed by atoms with Gasteiger partial charge in [-0.3, -0.25) is 0 Å². The van der Waals surface area contributed by atoms with Gasteiger partial charge < -0.3 is 4.42 Å². The normalized spacial score (nSPS) is 12.2. The second kappa shape index (κ2) is 3.66. The van der Waals surface area contributed by atoms with Gasteiger partial charge in [0.1, 0.15) is 5.76 Å². The SMILES string of the molecule is C/C(C#N)=C(/Cl)c1ccc(Cl)o1. The maximum absolute atomic E-state index is 8.51. The third kappa shape index (κ3) is 1.82. The highest BCUT2D eigenvalue weighted by Gasteiger charge is 2.06. The summed E-state index contributed by atoms with van der Waals surface area (Å²) in [6.07, 6.45) is 0. The van der Waals surface area contributed by atoms with Crippen molar-refractivity contribution in [2.24, 2.45) is 0 Å². The van der Waals surface area contributed by atoms with Crippen LogP contribution < -0.4 is 0 Å².